The second-order valence-corrected chi connectivity index (χ2v) is 7.20. The van der Waals surface area contributed by atoms with Crippen LogP contribution in [-0.4, -0.2) is 35.1 Å². The van der Waals surface area contributed by atoms with E-state index in [4.69, 9.17) is 21.1 Å². The van der Waals surface area contributed by atoms with Gasteiger partial charge in [0.15, 0.2) is 11.4 Å². The number of hydrogen-bond donors (Lipinski definition) is 2. The standard InChI is InChI=1S/C23H23ClN2O5/c1-2-3-11-30-16-9-10-17-18(12-16)21(28)20(26-22(17)24)23(29)25-13-19(27)31-14-15-7-5-4-6-8-15/h4-10,12,28H,2-3,11,13-14H2,1H3,(H,25,29). The lowest BCUT2D eigenvalue weighted by atomic mass is 10.1. The molecule has 0 spiro atoms. The highest BCUT2D eigenvalue weighted by Crippen LogP contribution is 2.34. The summed E-state index contributed by atoms with van der Waals surface area (Å²) in [6, 6.07) is 14.2. The highest BCUT2D eigenvalue weighted by Gasteiger charge is 2.20. The Kier molecular flexibility index (Phi) is 7.67. The first-order valence-electron chi connectivity index (χ1n) is 9.92. The summed E-state index contributed by atoms with van der Waals surface area (Å²) < 4.78 is 10.8. The fraction of sp³-hybridized carbons (Fsp3) is 0.261. The van der Waals surface area contributed by atoms with Crippen molar-refractivity contribution in [3.8, 4) is 11.5 Å². The monoisotopic (exact) mass is 442 g/mol. The second-order valence-electron chi connectivity index (χ2n) is 6.84. The summed E-state index contributed by atoms with van der Waals surface area (Å²) in [4.78, 5) is 28.4. The molecule has 0 saturated carbocycles. The van der Waals surface area contributed by atoms with Gasteiger partial charge in [0.05, 0.1) is 6.61 Å². The molecule has 31 heavy (non-hydrogen) atoms. The number of unbranched alkanes of at least 4 members (excludes halogenated alkanes) is 1. The predicted molar refractivity (Wildman–Crippen MR) is 117 cm³/mol. The van der Waals surface area contributed by atoms with Crippen LogP contribution in [-0.2, 0) is 16.1 Å². The summed E-state index contributed by atoms with van der Waals surface area (Å²) in [5, 5.41) is 13.9. The number of rotatable bonds is 9. The molecule has 7 nitrogen and oxygen atoms in total. The van der Waals surface area contributed by atoms with Gasteiger partial charge in [-0.15, -0.1) is 0 Å². The van der Waals surface area contributed by atoms with Gasteiger partial charge in [-0.1, -0.05) is 55.3 Å². The van der Waals surface area contributed by atoms with Crippen LogP contribution in [0.5, 0.6) is 11.5 Å². The molecular formula is C23H23ClN2O5. The zero-order valence-electron chi connectivity index (χ0n) is 17.1. The van der Waals surface area contributed by atoms with Crippen LogP contribution >= 0.6 is 11.6 Å². The average molecular weight is 443 g/mol. The molecule has 0 aliphatic heterocycles. The fourth-order valence-corrected chi connectivity index (χ4v) is 3.10. The lowest BCUT2D eigenvalue weighted by molar-refractivity contribution is -0.143. The van der Waals surface area contributed by atoms with E-state index in [0.29, 0.717) is 23.1 Å². The molecule has 1 aromatic heterocycles. The predicted octanol–water partition coefficient (Wildman–Crippen LogP) is 4.25. The Morgan fingerprint density at radius 1 is 1.13 bits per heavy atom. The van der Waals surface area contributed by atoms with Crippen molar-refractivity contribution in [1.29, 1.82) is 0 Å². The number of hydrogen-bond acceptors (Lipinski definition) is 6. The Hall–Kier alpha value is -3.32. The van der Waals surface area contributed by atoms with Crippen molar-refractivity contribution < 1.29 is 24.2 Å². The highest BCUT2D eigenvalue weighted by atomic mass is 35.5. The second kappa shape index (κ2) is 10.6. The first kappa shape index (κ1) is 22.4. The third-order valence-corrected chi connectivity index (χ3v) is 4.81. The summed E-state index contributed by atoms with van der Waals surface area (Å²) >= 11 is 6.20. The Morgan fingerprint density at radius 2 is 1.90 bits per heavy atom. The molecule has 2 N–H and O–H groups in total. The van der Waals surface area contributed by atoms with E-state index in [1.165, 1.54) is 0 Å². The number of carbonyl (C=O) groups excluding carboxylic acids is 2. The van der Waals surface area contributed by atoms with Crippen LogP contribution in [0.4, 0.5) is 0 Å². The smallest absolute Gasteiger partial charge is 0.325 e. The Bertz CT molecular complexity index is 1070. The van der Waals surface area contributed by atoms with Crippen molar-refractivity contribution in [2.75, 3.05) is 13.2 Å². The van der Waals surface area contributed by atoms with Gasteiger partial charge in [0.25, 0.3) is 5.91 Å². The van der Waals surface area contributed by atoms with Crippen molar-refractivity contribution >= 4 is 34.2 Å². The van der Waals surface area contributed by atoms with Gasteiger partial charge < -0.3 is 19.9 Å². The number of fused-ring (bicyclic) bond motifs is 1. The molecule has 3 rings (SSSR count). The van der Waals surface area contributed by atoms with Crippen molar-refractivity contribution in [1.82, 2.24) is 10.3 Å². The van der Waals surface area contributed by atoms with E-state index in [1.54, 1.807) is 18.2 Å². The maximum Gasteiger partial charge on any atom is 0.325 e. The molecule has 1 amide bonds. The van der Waals surface area contributed by atoms with Crippen LogP contribution in [0, 0.1) is 0 Å². The van der Waals surface area contributed by atoms with Gasteiger partial charge in [0.1, 0.15) is 24.1 Å². The van der Waals surface area contributed by atoms with Gasteiger partial charge in [-0.25, -0.2) is 4.98 Å². The molecule has 3 aromatic rings. The largest absolute Gasteiger partial charge is 0.505 e. The van der Waals surface area contributed by atoms with E-state index in [9.17, 15) is 14.7 Å². The van der Waals surface area contributed by atoms with Crippen LogP contribution in [0.1, 0.15) is 35.8 Å². The van der Waals surface area contributed by atoms with E-state index in [2.05, 4.69) is 17.2 Å². The summed E-state index contributed by atoms with van der Waals surface area (Å²) in [5.74, 6) is -1.14. The molecule has 0 saturated heterocycles. The van der Waals surface area contributed by atoms with Crippen molar-refractivity contribution in [3.63, 3.8) is 0 Å². The minimum atomic E-state index is -0.740. The van der Waals surface area contributed by atoms with Crippen molar-refractivity contribution in [2.24, 2.45) is 0 Å². The van der Waals surface area contributed by atoms with Gasteiger partial charge in [0, 0.05) is 10.8 Å². The molecule has 0 fully saturated rings. The van der Waals surface area contributed by atoms with Gasteiger partial charge in [0.2, 0.25) is 0 Å². The van der Waals surface area contributed by atoms with Crippen LogP contribution in [0.25, 0.3) is 10.8 Å². The number of nitrogens with zero attached hydrogens (tertiary/aromatic N) is 1. The minimum Gasteiger partial charge on any atom is -0.505 e. The van der Waals surface area contributed by atoms with Crippen LogP contribution in [0.2, 0.25) is 5.15 Å². The van der Waals surface area contributed by atoms with Gasteiger partial charge in [-0.2, -0.15) is 0 Å². The maximum absolute atomic E-state index is 12.5. The van der Waals surface area contributed by atoms with E-state index in [-0.39, 0.29) is 29.7 Å². The van der Waals surface area contributed by atoms with E-state index in [0.717, 1.165) is 18.4 Å². The number of benzene rings is 2. The molecule has 0 aliphatic rings. The summed E-state index contributed by atoms with van der Waals surface area (Å²) in [5.41, 5.74) is 0.554. The number of aromatic hydroxyl groups is 1. The number of halogens is 1. The highest BCUT2D eigenvalue weighted by molar-refractivity contribution is 6.35. The summed E-state index contributed by atoms with van der Waals surface area (Å²) in [6.07, 6.45) is 1.89. The van der Waals surface area contributed by atoms with E-state index < -0.39 is 11.9 Å². The molecule has 1 heterocycles. The Labute approximate surface area is 185 Å². The summed E-state index contributed by atoms with van der Waals surface area (Å²) in [7, 11) is 0. The number of nitrogens with one attached hydrogen (secondary N) is 1. The number of pyridine rings is 1. The lowest BCUT2D eigenvalue weighted by Crippen LogP contribution is -2.31. The topological polar surface area (TPSA) is 97.8 Å². The number of amides is 1. The Morgan fingerprint density at radius 3 is 2.65 bits per heavy atom. The van der Waals surface area contributed by atoms with Crippen LogP contribution in [0.3, 0.4) is 0 Å². The normalized spacial score (nSPS) is 10.6. The molecule has 0 unspecified atom stereocenters. The molecule has 0 radical (unpaired) electrons. The first-order valence-corrected chi connectivity index (χ1v) is 10.3. The molecular weight excluding hydrogens is 420 g/mol. The summed E-state index contributed by atoms with van der Waals surface area (Å²) in [6.45, 7) is 2.33. The molecule has 0 bridgehead atoms. The quantitative estimate of drug-likeness (QED) is 0.292. The molecule has 2 aromatic carbocycles. The average Bonchev–Trinajstić information content (AvgIpc) is 2.79. The zero-order chi connectivity index (χ0) is 22.2. The third kappa shape index (κ3) is 5.86. The van der Waals surface area contributed by atoms with E-state index in [1.807, 2.05) is 30.3 Å². The zero-order valence-corrected chi connectivity index (χ0v) is 17.8. The molecule has 8 heteroatoms. The third-order valence-electron chi connectivity index (χ3n) is 4.52. The number of carbonyl (C=O) groups is 2. The fourth-order valence-electron chi connectivity index (χ4n) is 2.85. The van der Waals surface area contributed by atoms with Crippen LogP contribution in [0.15, 0.2) is 48.5 Å². The molecule has 0 atom stereocenters. The minimum absolute atomic E-state index is 0.0599. The van der Waals surface area contributed by atoms with Crippen molar-refractivity contribution in [3.05, 3.63) is 64.9 Å². The van der Waals surface area contributed by atoms with Gasteiger partial charge in [-0.05, 0) is 30.2 Å². The Balaban J connectivity index is 1.68. The van der Waals surface area contributed by atoms with E-state index >= 15 is 0 Å². The van der Waals surface area contributed by atoms with Crippen molar-refractivity contribution in [2.45, 2.75) is 26.4 Å². The lowest BCUT2D eigenvalue weighted by Gasteiger charge is -2.11. The molecule has 162 valence electrons. The number of aromatic nitrogens is 1. The number of ether oxygens (including phenoxy) is 2. The number of esters is 1. The van der Waals surface area contributed by atoms with Crippen LogP contribution < -0.4 is 10.1 Å². The SMILES string of the molecule is CCCCOc1ccc2c(Cl)nc(C(=O)NCC(=O)OCc3ccccc3)c(O)c2c1. The maximum atomic E-state index is 12.5. The molecule has 0 aliphatic carbocycles. The van der Waals surface area contributed by atoms with Gasteiger partial charge in [-0.3, -0.25) is 9.59 Å². The van der Waals surface area contributed by atoms with Gasteiger partial charge >= 0.3 is 5.97 Å². The first-order chi connectivity index (χ1) is 15.0.